The van der Waals surface area contributed by atoms with E-state index in [0.717, 1.165) is 112 Å². The van der Waals surface area contributed by atoms with Crippen LogP contribution in [-0.4, -0.2) is 65.0 Å². The zero-order valence-electron chi connectivity index (χ0n) is 63.0. The van der Waals surface area contributed by atoms with Gasteiger partial charge in [0, 0.05) is 114 Å². The summed E-state index contributed by atoms with van der Waals surface area (Å²) >= 11 is 0. The van der Waals surface area contributed by atoms with E-state index in [0.29, 0.717) is 89.3 Å². The number of anilines is 2. The Bertz CT molecular complexity index is 4100. The Labute approximate surface area is 616 Å². The number of nitrogens with one attached hydrogen (secondary N) is 2. The van der Waals surface area contributed by atoms with Crippen LogP contribution in [0.25, 0.3) is 0 Å². The molecule has 10 aromatic rings. The Morgan fingerprint density at radius 3 is 0.885 bits per heavy atom. The molecular weight excluding hydrogens is 1290 g/mol. The highest BCUT2D eigenvalue weighted by atomic mass is 16.5. The molecule has 0 saturated carbocycles. The van der Waals surface area contributed by atoms with E-state index in [2.05, 4.69) is 184 Å². The molecule has 14 heteroatoms. The van der Waals surface area contributed by atoms with Gasteiger partial charge in [0.1, 0.15) is 23.0 Å². The van der Waals surface area contributed by atoms with Crippen LogP contribution < -0.4 is 20.1 Å². The van der Waals surface area contributed by atoms with E-state index in [-0.39, 0.29) is 71.0 Å². The molecule has 11 rings (SSSR count). The van der Waals surface area contributed by atoms with Crippen molar-refractivity contribution in [3.05, 3.63) is 295 Å². The number of phenols is 2. The molecule has 14 nitrogen and oxygen atoms in total. The van der Waals surface area contributed by atoms with Crippen molar-refractivity contribution in [2.24, 2.45) is 0 Å². The summed E-state index contributed by atoms with van der Waals surface area (Å²) in [5, 5.41) is 32.7. The van der Waals surface area contributed by atoms with Gasteiger partial charge in [-0.2, -0.15) is 0 Å². The number of para-hydroxylation sites is 2. The number of aromatic hydroxyl groups is 2. The quantitative estimate of drug-likeness (QED) is 0.0422. The molecule has 0 saturated heterocycles. The predicted octanol–water partition coefficient (Wildman–Crippen LogP) is 18.5. The molecule has 4 N–H and O–H groups in total. The van der Waals surface area contributed by atoms with Gasteiger partial charge in [-0.25, -0.2) is 0 Å². The van der Waals surface area contributed by atoms with Crippen molar-refractivity contribution < 1.29 is 29.3 Å². The number of nitrogens with zero attached hydrogens (tertiary/aromatic N) is 6. The fourth-order valence-electron chi connectivity index (χ4n) is 13.5. The predicted molar refractivity (Wildman–Crippen MR) is 418 cm³/mol. The van der Waals surface area contributed by atoms with Gasteiger partial charge in [0.25, 0.3) is 0 Å². The molecule has 540 valence electrons. The fraction of sp³-hybridized carbons (Fsp3) is 0.356. The minimum Gasteiger partial charge on any atom is -0.507 e. The second-order valence-electron chi connectivity index (χ2n) is 32.1. The number of benzene rings is 6. The van der Waals surface area contributed by atoms with Gasteiger partial charge in [0.2, 0.25) is 11.8 Å². The summed E-state index contributed by atoms with van der Waals surface area (Å²) in [6.07, 6.45) is 9.83. The van der Waals surface area contributed by atoms with Crippen LogP contribution in [0.1, 0.15) is 209 Å². The number of carbonyl (C=O) groups excluding carboxylic acids is 2. The number of amides is 2. The van der Waals surface area contributed by atoms with E-state index in [4.69, 9.17) is 9.47 Å². The lowest BCUT2D eigenvalue weighted by molar-refractivity contribution is -0.117. The molecule has 1 aliphatic rings. The number of rotatable bonds is 24. The molecule has 0 spiro atoms. The number of phenolic OH excluding ortho intramolecular Hbond substituents is 2. The van der Waals surface area contributed by atoms with E-state index >= 15 is 0 Å². The first-order chi connectivity index (χ1) is 49.7. The first kappa shape index (κ1) is 75.1. The van der Waals surface area contributed by atoms with Crippen LogP contribution in [0.3, 0.4) is 0 Å². The monoisotopic (exact) mass is 1390 g/mol. The molecule has 104 heavy (non-hydrogen) atoms. The van der Waals surface area contributed by atoms with Crippen molar-refractivity contribution >= 4 is 23.2 Å². The standard InChI is InChI=1S/C90H104N8O6/c1-87(2,3)71-47-63-43-67-51-73(89(7,8)9)53-69(85(67)103-41-25-35-81(99)95-79-33-15-13-27-61(79)55-97(57-75-29-17-21-37-91-75)58-76-30-18-22-38-92-76)45-65-49-72(88(4,5)6)50-66(84(65)102)46-70-54-74(90(10,11)12)52-68(44-64(48-71)83(63)101)86(70)104-42-26-36-82(100)96-80-34-16-14-28-62(80)56-98(59-77-31-19-23-39-93-77)60-78-32-20-24-40-94-78/h13-24,27-34,37-40,47-54,101-102H,25-26,35-36,41-46,55-60H2,1-12H3,(H,95,99)(H,96,100). The lowest BCUT2D eigenvalue weighted by atomic mass is 9.79. The van der Waals surface area contributed by atoms with E-state index in [1.807, 2.05) is 134 Å². The minimum atomic E-state index is -0.307. The van der Waals surface area contributed by atoms with Crippen LogP contribution in [0, 0.1) is 0 Å². The molecule has 8 bridgehead atoms. The van der Waals surface area contributed by atoms with Gasteiger partial charge >= 0.3 is 0 Å². The molecule has 1 aliphatic carbocycles. The number of hydrogen-bond acceptors (Lipinski definition) is 12. The summed E-state index contributed by atoms with van der Waals surface area (Å²) in [6, 6.07) is 57.2. The van der Waals surface area contributed by atoms with Crippen molar-refractivity contribution in [3.8, 4) is 23.0 Å². The number of hydrogen-bond donors (Lipinski definition) is 4. The molecule has 2 amide bonds. The molecule has 4 heterocycles. The van der Waals surface area contributed by atoms with Crippen molar-refractivity contribution in [1.82, 2.24) is 29.7 Å². The summed E-state index contributed by atoms with van der Waals surface area (Å²) in [4.78, 5) is 51.5. The number of carbonyl (C=O) groups is 2. The summed E-state index contributed by atoms with van der Waals surface area (Å²) < 4.78 is 14.2. The Balaban J connectivity index is 0.896. The van der Waals surface area contributed by atoms with Crippen LogP contribution in [-0.2, 0) is 96.2 Å². The van der Waals surface area contributed by atoms with Gasteiger partial charge in [-0.05, 0) is 173 Å². The maximum absolute atomic E-state index is 14.2. The van der Waals surface area contributed by atoms with Gasteiger partial charge in [-0.15, -0.1) is 0 Å². The number of aromatic nitrogens is 4. The van der Waals surface area contributed by atoms with Gasteiger partial charge in [-0.1, -0.05) is 192 Å². The topological polar surface area (TPSA) is 175 Å². The van der Waals surface area contributed by atoms with Gasteiger partial charge in [0.15, 0.2) is 0 Å². The van der Waals surface area contributed by atoms with Crippen molar-refractivity contribution in [3.63, 3.8) is 0 Å². The Kier molecular flexibility index (Phi) is 24.0. The SMILES string of the molecule is CC(C)(C)c1cc2c(O)c(c1)Cc1cc(C(C)(C)C)cc(c1OCCCC(=O)Nc1ccccc1CN(Cc1ccccn1)Cc1ccccn1)Cc1cc(C(C)(C)C)cc(c1O)Cc1cc(C(C)(C)C)cc(c1OCCCC(=O)Nc1ccccc1CN(Cc1ccccn1)Cc1ccccn1)C2. The Morgan fingerprint density at radius 2 is 0.625 bits per heavy atom. The Hall–Kier alpha value is -10.0. The van der Waals surface area contributed by atoms with Gasteiger partial charge in [0.05, 0.1) is 36.0 Å². The average Bonchev–Trinajstić information content (AvgIpc) is 0.765. The summed E-state index contributed by atoms with van der Waals surface area (Å²) in [5.41, 5.74) is 17.0. The molecule has 0 aliphatic heterocycles. The highest BCUT2D eigenvalue weighted by Crippen LogP contribution is 2.44. The highest BCUT2D eigenvalue weighted by molar-refractivity contribution is 5.92. The van der Waals surface area contributed by atoms with Crippen molar-refractivity contribution in [2.45, 2.75) is 195 Å². The fourth-order valence-corrected chi connectivity index (χ4v) is 13.5. The molecule has 0 atom stereocenters. The number of ether oxygens (including phenoxy) is 2. The molecule has 0 radical (unpaired) electrons. The number of fused-ring (bicyclic) bond motifs is 8. The van der Waals surface area contributed by atoms with Crippen LogP contribution in [0.15, 0.2) is 195 Å². The smallest absolute Gasteiger partial charge is 0.224 e. The first-order valence-corrected chi connectivity index (χ1v) is 36.8. The third-order valence-electron chi connectivity index (χ3n) is 19.4. The largest absolute Gasteiger partial charge is 0.507 e. The third-order valence-corrected chi connectivity index (χ3v) is 19.4. The lowest BCUT2D eigenvalue weighted by Gasteiger charge is -2.28. The maximum atomic E-state index is 14.2. The van der Waals surface area contributed by atoms with Gasteiger partial charge in [-0.3, -0.25) is 39.3 Å². The van der Waals surface area contributed by atoms with E-state index < -0.39 is 0 Å². The number of pyridine rings is 4. The van der Waals surface area contributed by atoms with E-state index in [1.54, 1.807) is 0 Å². The minimum absolute atomic E-state index is 0.123. The highest BCUT2D eigenvalue weighted by Gasteiger charge is 2.30. The first-order valence-electron chi connectivity index (χ1n) is 36.8. The third kappa shape index (κ3) is 20.2. The van der Waals surface area contributed by atoms with Crippen LogP contribution in [0.5, 0.6) is 23.0 Å². The molecular formula is C90H104N8O6. The van der Waals surface area contributed by atoms with E-state index in [1.165, 1.54) is 0 Å². The second-order valence-corrected chi connectivity index (χ2v) is 32.1. The molecule has 0 unspecified atom stereocenters. The normalized spacial score (nSPS) is 12.7. The summed E-state index contributed by atoms with van der Waals surface area (Å²) in [5.74, 6) is 1.51. The second kappa shape index (κ2) is 33.2. The molecule has 6 aromatic carbocycles. The zero-order valence-corrected chi connectivity index (χ0v) is 63.0. The Morgan fingerprint density at radius 1 is 0.365 bits per heavy atom. The van der Waals surface area contributed by atoms with Gasteiger partial charge < -0.3 is 30.3 Å². The summed E-state index contributed by atoms with van der Waals surface area (Å²) in [7, 11) is 0. The van der Waals surface area contributed by atoms with Crippen LogP contribution in [0.4, 0.5) is 11.4 Å². The molecule has 0 fully saturated rings. The maximum Gasteiger partial charge on any atom is 0.224 e. The zero-order chi connectivity index (χ0) is 73.8. The molecule has 4 aromatic heterocycles. The average molecular weight is 1390 g/mol. The van der Waals surface area contributed by atoms with Crippen molar-refractivity contribution in [2.75, 3.05) is 23.8 Å². The van der Waals surface area contributed by atoms with Crippen molar-refractivity contribution in [1.29, 1.82) is 0 Å². The lowest BCUT2D eigenvalue weighted by Crippen LogP contribution is -2.24. The van der Waals surface area contributed by atoms with E-state index in [9.17, 15) is 19.8 Å². The van der Waals surface area contributed by atoms with Crippen LogP contribution in [0.2, 0.25) is 0 Å². The van der Waals surface area contributed by atoms with Crippen LogP contribution >= 0.6 is 0 Å². The summed E-state index contributed by atoms with van der Waals surface area (Å²) in [6.45, 7) is 30.5.